The fourth-order valence-electron chi connectivity index (χ4n) is 1.80. The average Bonchev–Trinajstić information content (AvgIpc) is 2.72. The van der Waals surface area contributed by atoms with Crippen LogP contribution >= 0.6 is 12.4 Å². The summed E-state index contributed by atoms with van der Waals surface area (Å²) in [5.74, 6) is 0. The molecule has 1 aromatic carbocycles. The maximum atomic E-state index is 8.88. The SMILES string of the molecule is CCCc1c(N)cnn1-c1cccc(C#N)c1.Cl. The number of aromatic nitrogens is 2. The van der Waals surface area contributed by atoms with E-state index in [1.165, 1.54) is 0 Å². The Kier molecular flexibility index (Phi) is 4.75. The lowest BCUT2D eigenvalue weighted by Gasteiger charge is -2.07. The van der Waals surface area contributed by atoms with Crippen LogP contribution in [0.1, 0.15) is 24.6 Å². The first-order valence-corrected chi connectivity index (χ1v) is 5.59. The van der Waals surface area contributed by atoms with E-state index in [2.05, 4.69) is 18.1 Å². The largest absolute Gasteiger partial charge is 0.396 e. The molecule has 2 rings (SSSR count). The highest BCUT2D eigenvalue weighted by Gasteiger charge is 2.09. The molecule has 0 unspecified atom stereocenters. The van der Waals surface area contributed by atoms with Crippen LogP contribution in [-0.2, 0) is 6.42 Å². The van der Waals surface area contributed by atoms with Crippen molar-refractivity contribution < 1.29 is 0 Å². The molecule has 0 fully saturated rings. The molecular weight excluding hydrogens is 248 g/mol. The Morgan fingerprint density at radius 2 is 2.22 bits per heavy atom. The molecule has 0 saturated heterocycles. The van der Waals surface area contributed by atoms with Gasteiger partial charge in [0.1, 0.15) is 0 Å². The molecule has 0 aliphatic carbocycles. The lowest BCUT2D eigenvalue weighted by atomic mass is 10.2. The van der Waals surface area contributed by atoms with Crippen LogP contribution in [0, 0.1) is 11.3 Å². The zero-order valence-corrected chi connectivity index (χ0v) is 10.9. The minimum atomic E-state index is 0. The van der Waals surface area contributed by atoms with Gasteiger partial charge in [0, 0.05) is 0 Å². The molecule has 2 N–H and O–H groups in total. The van der Waals surface area contributed by atoms with Crippen molar-refractivity contribution in [2.45, 2.75) is 19.8 Å². The van der Waals surface area contributed by atoms with E-state index in [9.17, 15) is 0 Å². The van der Waals surface area contributed by atoms with E-state index in [0.29, 0.717) is 11.3 Å². The molecule has 0 atom stereocenters. The third-order valence-electron chi connectivity index (χ3n) is 2.61. The van der Waals surface area contributed by atoms with Crippen molar-refractivity contribution in [2.24, 2.45) is 0 Å². The van der Waals surface area contributed by atoms with Crippen molar-refractivity contribution in [3.05, 3.63) is 41.7 Å². The summed E-state index contributed by atoms with van der Waals surface area (Å²) >= 11 is 0. The van der Waals surface area contributed by atoms with Crippen LogP contribution in [0.5, 0.6) is 0 Å². The van der Waals surface area contributed by atoms with E-state index in [1.807, 2.05) is 18.2 Å². The Balaban J connectivity index is 0.00000162. The number of nitriles is 1. The standard InChI is InChI=1S/C13H14N4.ClH/c1-2-4-13-12(15)9-16-17(13)11-6-3-5-10(7-11)8-14;/h3,5-7,9H,2,4,15H2,1H3;1H. The molecule has 1 heterocycles. The van der Waals surface area contributed by atoms with E-state index in [1.54, 1.807) is 16.9 Å². The first-order valence-electron chi connectivity index (χ1n) is 5.59. The van der Waals surface area contributed by atoms with Gasteiger partial charge in [-0.3, -0.25) is 0 Å². The van der Waals surface area contributed by atoms with Crippen molar-refractivity contribution in [3.63, 3.8) is 0 Å². The topological polar surface area (TPSA) is 67.6 Å². The molecule has 2 aromatic rings. The number of nitrogens with two attached hydrogens (primary N) is 1. The monoisotopic (exact) mass is 262 g/mol. The van der Waals surface area contributed by atoms with Crippen LogP contribution in [0.25, 0.3) is 5.69 Å². The van der Waals surface area contributed by atoms with Gasteiger partial charge in [-0.05, 0) is 24.6 Å². The van der Waals surface area contributed by atoms with E-state index in [-0.39, 0.29) is 12.4 Å². The highest BCUT2D eigenvalue weighted by Crippen LogP contribution is 2.18. The Hall–Kier alpha value is -1.99. The van der Waals surface area contributed by atoms with Crippen molar-refractivity contribution in [2.75, 3.05) is 5.73 Å². The van der Waals surface area contributed by atoms with Crippen LogP contribution in [-0.4, -0.2) is 9.78 Å². The molecule has 0 radical (unpaired) electrons. The Bertz CT molecular complexity index is 569. The maximum absolute atomic E-state index is 8.88. The van der Waals surface area contributed by atoms with E-state index in [4.69, 9.17) is 11.0 Å². The lowest BCUT2D eigenvalue weighted by molar-refractivity contribution is 0.776. The molecule has 0 aliphatic rings. The maximum Gasteiger partial charge on any atom is 0.0992 e. The minimum absolute atomic E-state index is 0. The second-order valence-corrected chi connectivity index (χ2v) is 3.87. The second kappa shape index (κ2) is 6.08. The van der Waals surface area contributed by atoms with Gasteiger partial charge in [0.05, 0.1) is 34.9 Å². The van der Waals surface area contributed by atoms with Crippen LogP contribution in [0.4, 0.5) is 5.69 Å². The first-order chi connectivity index (χ1) is 8.26. The van der Waals surface area contributed by atoms with Gasteiger partial charge in [-0.2, -0.15) is 10.4 Å². The summed E-state index contributed by atoms with van der Waals surface area (Å²) in [5.41, 5.74) is 9.10. The van der Waals surface area contributed by atoms with Gasteiger partial charge >= 0.3 is 0 Å². The van der Waals surface area contributed by atoms with Crippen LogP contribution in [0.15, 0.2) is 30.5 Å². The first kappa shape index (κ1) is 14.1. The minimum Gasteiger partial charge on any atom is -0.396 e. The summed E-state index contributed by atoms with van der Waals surface area (Å²) in [7, 11) is 0. The summed E-state index contributed by atoms with van der Waals surface area (Å²) in [6.07, 6.45) is 3.54. The quantitative estimate of drug-likeness (QED) is 0.925. The zero-order chi connectivity index (χ0) is 12.3. The average molecular weight is 263 g/mol. The van der Waals surface area contributed by atoms with Crippen molar-refractivity contribution in [1.29, 1.82) is 5.26 Å². The molecule has 18 heavy (non-hydrogen) atoms. The molecule has 0 bridgehead atoms. The Morgan fingerprint density at radius 3 is 2.89 bits per heavy atom. The third kappa shape index (κ3) is 2.63. The fraction of sp³-hybridized carbons (Fsp3) is 0.231. The van der Waals surface area contributed by atoms with Crippen LogP contribution in [0.2, 0.25) is 0 Å². The predicted octanol–water partition coefficient (Wildman–Crippen LogP) is 2.70. The highest BCUT2D eigenvalue weighted by molar-refractivity contribution is 5.85. The molecule has 5 heteroatoms. The number of halogens is 1. The highest BCUT2D eigenvalue weighted by atomic mass is 35.5. The predicted molar refractivity (Wildman–Crippen MR) is 73.9 cm³/mol. The third-order valence-corrected chi connectivity index (χ3v) is 2.61. The number of rotatable bonds is 3. The molecule has 94 valence electrons. The summed E-state index contributed by atoms with van der Waals surface area (Å²) in [5, 5.41) is 13.1. The fourth-order valence-corrected chi connectivity index (χ4v) is 1.80. The molecule has 0 spiro atoms. The summed E-state index contributed by atoms with van der Waals surface area (Å²) in [4.78, 5) is 0. The second-order valence-electron chi connectivity index (χ2n) is 3.87. The summed E-state index contributed by atoms with van der Waals surface area (Å²) < 4.78 is 1.81. The van der Waals surface area contributed by atoms with Gasteiger partial charge in [-0.25, -0.2) is 4.68 Å². The van der Waals surface area contributed by atoms with Crippen molar-refractivity contribution >= 4 is 18.1 Å². The summed E-state index contributed by atoms with van der Waals surface area (Å²) in [6.45, 7) is 2.10. The molecule has 0 amide bonds. The van der Waals surface area contributed by atoms with Gasteiger partial charge in [0.15, 0.2) is 0 Å². The molecule has 1 aromatic heterocycles. The molecular formula is C13H15ClN4. The number of hydrogen-bond acceptors (Lipinski definition) is 3. The Morgan fingerprint density at radius 1 is 1.44 bits per heavy atom. The normalized spacial score (nSPS) is 9.56. The number of hydrogen-bond donors (Lipinski definition) is 1. The number of nitrogens with zero attached hydrogens (tertiary/aromatic N) is 3. The van der Waals surface area contributed by atoms with E-state index in [0.717, 1.165) is 24.2 Å². The van der Waals surface area contributed by atoms with Crippen molar-refractivity contribution in [1.82, 2.24) is 9.78 Å². The number of benzene rings is 1. The zero-order valence-electron chi connectivity index (χ0n) is 10.1. The van der Waals surface area contributed by atoms with Gasteiger partial charge < -0.3 is 5.73 Å². The van der Waals surface area contributed by atoms with Gasteiger partial charge in [0.2, 0.25) is 0 Å². The molecule has 4 nitrogen and oxygen atoms in total. The van der Waals surface area contributed by atoms with Crippen LogP contribution < -0.4 is 5.73 Å². The summed E-state index contributed by atoms with van der Waals surface area (Å²) in [6, 6.07) is 9.48. The van der Waals surface area contributed by atoms with Crippen LogP contribution in [0.3, 0.4) is 0 Å². The molecule has 0 aliphatic heterocycles. The van der Waals surface area contributed by atoms with E-state index >= 15 is 0 Å². The molecule has 0 saturated carbocycles. The number of anilines is 1. The number of nitrogen functional groups attached to an aromatic ring is 1. The van der Waals surface area contributed by atoms with E-state index < -0.39 is 0 Å². The van der Waals surface area contributed by atoms with Crippen molar-refractivity contribution in [3.8, 4) is 11.8 Å². The Labute approximate surface area is 112 Å². The van der Waals surface area contributed by atoms with Gasteiger partial charge in [-0.15, -0.1) is 12.4 Å². The smallest absolute Gasteiger partial charge is 0.0992 e. The van der Waals surface area contributed by atoms with Gasteiger partial charge in [0.25, 0.3) is 0 Å². The lowest BCUT2D eigenvalue weighted by Crippen LogP contribution is -2.03. The van der Waals surface area contributed by atoms with Gasteiger partial charge in [-0.1, -0.05) is 19.4 Å².